The normalized spacial score (nSPS) is 12.8. The number of primary amides is 1. The lowest BCUT2D eigenvalue weighted by atomic mass is 10.0. The molecular weight excluding hydrogens is 424 g/mol. The Hall–Kier alpha value is -3.00. The van der Waals surface area contributed by atoms with Crippen LogP contribution >= 0.6 is 0 Å². The van der Waals surface area contributed by atoms with Crippen molar-refractivity contribution in [2.75, 3.05) is 11.1 Å². The Morgan fingerprint density at radius 3 is 2.38 bits per heavy atom. The predicted octanol–water partition coefficient (Wildman–Crippen LogP) is 3.52. The van der Waals surface area contributed by atoms with Gasteiger partial charge in [-0.05, 0) is 48.6 Å². The maximum absolute atomic E-state index is 12.7. The summed E-state index contributed by atoms with van der Waals surface area (Å²) in [5.41, 5.74) is 7.39. The van der Waals surface area contributed by atoms with Gasteiger partial charge in [0.2, 0.25) is 5.91 Å². The molecule has 1 heterocycles. The SMILES string of the molecule is CCc1ccc(S(=O)(=O)CCCc2nc(N[C@H](C(N)=O)C(C)C)c3ccccc3n2)cc1. The fourth-order valence-electron chi connectivity index (χ4n) is 3.53. The Kier molecular flexibility index (Phi) is 7.45. The van der Waals surface area contributed by atoms with E-state index in [0.717, 1.165) is 22.9 Å². The lowest BCUT2D eigenvalue weighted by molar-refractivity contribution is -0.119. The van der Waals surface area contributed by atoms with Crippen LogP contribution < -0.4 is 11.1 Å². The van der Waals surface area contributed by atoms with Crippen molar-refractivity contribution in [1.29, 1.82) is 0 Å². The molecule has 0 aliphatic carbocycles. The number of nitrogens with one attached hydrogen (secondary N) is 1. The van der Waals surface area contributed by atoms with Crippen LogP contribution in [0.1, 0.15) is 38.6 Å². The Labute approximate surface area is 189 Å². The first kappa shape index (κ1) is 23.7. The molecule has 32 heavy (non-hydrogen) atoms. The van der Waals surface area contributed by atoms with Gasteiger partial charge in [-0.2, -0.15) is 0 Å². The molecule has 3 N–H and O–H groups in total. The monoisotopic (exact) mass is 454 g/mol. The molecule has 0 saturated carbocycles. The maximum Gasteiger partial charge on any atom is 0.240 e. The molecule has 3 aromatic rings. The van der Waals surface area contributed by atoms with Crippen LogP contribution in [0.2, 0.25) is 0 Å². The van der Waals surface area contributed by atoms with E-state index in [1.54, 1.807) is 12.1 Å². The van der Waals surface area contributed by atoms with Gasteiger partial charge in [-0.15, -0.1) is 0 Å². The zero-order valence-corrected chi connectivity index (χ0v) is 19.5. The van der Waals surface area contributed by atoms with Crippen molar-refractivity contribution in [3.05, 3.63) is 59.9 Å². The smallest absolute Gasteiger partial charge is 0.240 e. The van der Waals surface area contributed by atoms with Crippen LogP contribution in [0.25, 0.3) is 10.9 Å². The van der Waals surface area contributed by atoms with Crippen LogP contribution in [0, 0.1) is 5.92 Å². The standard InChI is InChI=1S/C24H30N4O3S/c1-4-17-11-13-18(14-12-17)32(30,31)15-7-10-21-26-20-9-6-5-8-19(20)24(27-21)28-22(16(2)3)23(25)29/h5-6,8-9,11-14,16,22H,4,7,10,15H2,1-3H3,(H2,25,29)(H,26,27,28)/t22-/m0/s1. The minimum absolute atomic E-state index is 0.00727. The zero-order valence-electron chi connectivity index (χ0n) is 18.7. The predicted molar refractivity (Wildman–Crippen MR) is 127 cm³/mol. The number of para-hydroxylation sites is 1. The molecule has 1 amide bonds. The minimum atomic E-state index is -3.38. The van der Waals surface area contributed by atoms with Crippen LogP contribution in [0.3, 0.4) is 0 Å². The molecular formula is C24H30N4O3S. The summed E-state index contributed by atoms with van der Waals surface area (Å²) >= 11 is 0. The van der Waals surface area contributed by atoms with Gasteiger partial charge < -0.3 is 11.1 Å². The highest BCUT2D eigenvalue weighted by atomic mass is 32.2. The number of aromatic nitrogens is 2. The van der Waals surface area contributed by atoms with E-state index in [-0.39, 0.29) is 11.7 Å². The third-order valence-electron chi connectivity index (χ3n) is 5.42. The van der Waals surface area contributed by atoms with Crippen molar-refractivity contribution in [1.82, 2.24) is 9.97 Å². The molecule has 3 rings (SSSR count). The van der Waals surface area contributed by atoms with Crippen LogP contribution in [0.4, 0.5) is 5.82 Å². The van der Waals surface area contributed by atoms with E-state index in [9.17, 15) is 13.2 Å². The topological polar surface area (TPSA) is 115 Å². The number of carbonyl (C=O) groups excluding carboxylic acids is 1. The van der Waals surface area contributed by atoms with E-state index >= 15 is 0 Å². The average Bonchev–Trinajstić information content (AvgIpc) is 2.76. The van der Waals surface area contributed by atoms with Gasteiger partial charge in [0.1, 0.15) is 17.7 Å². The number of amides is 1. The Balaban J connectivity index is 1.79. The Morgan fingerprint density at radius 1 is 1.06 bits per heavy atom. The maximum atomic E-state index is 12.7. The van der Waals surface area contributed by atoms with E-state index in [4.69, 9.17) is 5.73 Å². The molecule has 170 valence electrons. The van der Waals surface area contributed by atoms with E-state index in [1.165, 1.54) is 0 Å². The van der Waals surface area contributed by atoms with Gasteiger partial charge >= 0.3 is 0 Å². The third-order valence-corrected chi connectivity index (χ3v) is 7.24. The fraction of sp³-hybridized carbons (Fsp3) is 0.375. The molecule has 0 bridgehead atoms. The zero-order chi connectivity index (χ0) is 23.3. The number of hydrogen-bond acceptors (Lipinski definition) is 6. The molecule has 0 unspecified atom stereocenters. The van der Waals surface area contributed by atoms with Crippen molar-refractivity contribution < 1.29 is 13.2 Å². The van der Waals surface area contributed by atoms with Crippen LogP contribution in [-0.4, -0.2) is 36.1 Å². The molecule has 1 aromatic heterocycles. The summed E-state index contributed by atoms with van der Waals surface area (Å²) in [5, 5.41) is 3.94. The minimum Gasteiger partial charge on any atom is -0.368 e. The van der Waals surface area contributed by atoms with Crippen molar-refractivity contribution in [3.8, 4) is 0 Å². The third kappa shape index (κ3) is 5.62. The van der Waals surface area contributed by atoms with Crippen molar-refractivity contribution in [2.45, 2.75) is 51.0 Å². The van der Waals surface area contributed by atoms with Crippen molar-refractivity contribution in [2.24, 2.45) is 11.7 Å². The van der Waals surface area contributed by atoms with Crippen LogP contribution in [-0.2, 0) is 27.5 Å². The van der Waals surface area contributed by atoms with Gasteiger partial charge in [-0.25, -0.2) is 18.4 Å². The Morgan fingerprint density at radius 2 is 1.75 bits per heavy atom. The molecule has 2 aromatic carbocycles. The van der Waals surface area contributed by atoms with Crippen molar-refractivity contribution in [3.63, 3.8) is 0 Å². The highest BCUT2D eigenvalue weighted by molar-refractivity contribution is 7.91. The van der Waals surface area contributed by atoms with Gasteiger partial charge in [0.05, 0.1) is 16.2 Å². The number of sulfone groups is 1. The number of nitrogens with zero attached hydrogens (tertiary/aromatic N) is 2. The molecule has 7 nitrogen and oxygen atoms in total. The van der Waals surface area contributed by atoms with Gasteiger partial charge in [-0.1, -0.05) is 45.0 Å². The summed E-state index contributed by atoms with van der Waals surface area (Å²) in [6, 6.07) is 14.0. The van der Waals surface area contributed by atoms with Crippen LogP contribution in [0.5, 0.6) is 0 Å². The molecule has 0 fully saturated rings. The summed E-state index contributed by atoms with van der Waals surface area (Å²) in [5.74, 6) is 0.585. The summed E-state index contributed by atoms with van der Waals surface area (Å²) in [6.07, 6.45) is 1.65. The molecule has 0 aliphatic rings. The second kappa shape index (κ2) is 10.1. The quantitative estimate of drug-likeness (QED) is 0.484. The van der Waals surface area contributed by atoms with E-state index in [0.29, 0.717) is 29.4 Å². The molecule has 8 heteroatoms. The molecule has 1 atom stereocenters. The second-order valence-corrected chi connectivity index (χ2v) is 10.3. The molecule has 0 aliphatic heterocycles. The Bertz CT molecular complexity index is 1190. The number of carbonyl (C=O) groups is 1. The van der Waals surface area contributed by atoms with Crippen LogP contribution in [0.15, 0.2) is 53.4 Å². The largest absolute Gasteiger partial charge is 0.368 e. The highest BCUT2D eigenvalue weighted by Gasteiger charge is 2.21. The first-order chi connectivity index (χ1) is 15.2. The number of rotatable bonds is 10. The van der Waals surface area contributed by atoms with E-state index in [1.807, 2.05) is 57.2 Å². The number of fused-ring (bicyclic) bond motifs is 1. The van der Waals surface area contributed by atoms with E-state index < -0.39 is 21.8 Å². The molecule has 0 spiro atoms. The van der Waals surface area contributed by atoms with Gasteiger partial charge in [0.25, 0.3) is 0 Å². The summed E-state index contributed by atoms with van der Waals surface area (Å²) in [7, 11) is -3.38. The fourth-order valence-corrected chi connectivity index (χ4v) is 4.84. The first-order valence-corrected chi connectivity index (χ1v) is 12.5. The number of benzene rings is 2. The van der Waals surface area contributed by atoms with Gasteiger partial charge in [-0.3, -0.25) is 4.79 Å². The lowest BCUT2D eigenvalue weighted by Gasteiger charge is -2.21. The number of anilines is 1. The number of hydrogen-bond donors (Lipinski definition) is 2. The average molecular weight is 455 g/mol. The number of nitrogens with two attached hydrogens (primary N) is 1. The van der Waals surface area contributed by atoms with Gasteiger partial charge in [0, 0.05) is 11.8 Å². The van der Waals surface area contributed by atoms with E-state index in [2.05, 4.69) is 15.3 Å². The molecule has 0 saturated heterocycles. The van der Waals surface area contributed by atoms with Gasteiger partial charge in [0.15, 0.2) is 9.84 Å². The second-order valence-electron chi connectivity index (χ2n) is 8.19. The first-order valence-electron chi connectivity index (χ1n) is 10.8. The summed E-state index contributed by atoms with van der Waals surface area (Å²) in [4.78, 5) is 21.4. The summed E-state index contributed by atoms with van der Waals surface area (Å²) in [6.45, 7) is 5.85. The lowest BCUT2D eigenvalue weighted by Crippen LogP contribution is -2.39. The highest BCUT2D eigenvalue weighted by Crippen LogP contribution is 2.23. The molecule has 0 radical (unpaired) electrons. The number of aryl methyl sites for hydroxylation is 2. The van der Waals surface area contributed by atoms with Crippen molar-refractivity contribution >= 4 is 32.5 Å². The summed E-state index contributed by atoms with van der Waals surface area (Å²) < 4.78 is 25.4.